The Morgan fingerprint density at radius 3 is 3.00 bits per heavy atom. The summed E-state index contributed by atoms with van der Waals surface area (Å²) in [5.74, 6) is 1.46. The van der Waals surface area contributed by atoms with E-state index in [2.05, 4.69) is 5.32 Å². The predicted octanol–water partition coefficient (Wildman–Crippen LogP) is 1.49. The number of carbonyl (C=O) groups excluding carboxylic acids is 1. The number of nitrogens with one attached hydrogen (secondary N) is 1. The van der Waals surface area contributed by atoms with Crippen LogP contribution in [0.25, 0.3) is 0 Å². The molecule has 1 saturated carbocycles. The topological polar surface area (TPSA) is 62.5 Å². The molecule has 94 valence electrons. The molecule has 1 heterocycles. The monoisotopic (exact) mass is 237 g/mol. The van der Waals surface area contributed by atoms with Crippen molar-refractivity contribution in [3.63, 3.8) is 0 Å². The predicted molar refractivity (Wildman–Crippen MR) is 63.4 cm³/mol. The van der Waals surface area contributed by atoms with Gasteiger partial charge in [-0.2, -0.15) is 0 Å². The van der Waals surface area contributed by atoms with Crippen LogP contribution >= 0.6 is 0 Å². The van der Waals surface area contributed by atoms with E-state index in [1.165, 1.54) is 12.8 Å². The van der Waals surface area contributed by atoms with Crippen LogP contribution in [0.2, 0.25) is 0 Å². The minimum Gasteiger partial charge on any atom is -0.469 e. The molecule has 2 N–H and O–H groups in total. The zero-order valence-electron chi connectivity index (χ0n) is 9.89. The van der Waals surface area contributed by atoms with Gasteiger partial charge in [-0.3, -0.25) is 4.79 Å². The second-order valence-corrected chi connectivity index (χ2v) is 4.60. The van der Waals surface area contributed by atoms with Crippen molar-refractivity contribution in [2.24, 2.45) is 5.92 Å². The SMILES string of the molecule is O=C(CCc1ccco1)NC(CCO)C1CC1. The van der Waals surface area contributed by atoms with Gasteiger partial charge in [0.25, 0.3) is 0 Å². The number of aliphatic hydroxyl groups is 1. The number of aryl methyl sites for hydroxylation is 1. The number of amides is 1. The summed E-state index contributed by atoms with van der Waals surface area (Å²) in [4.78, 5) is 11.7. The molecular formula is C13H19NO3. The molecule has 0 spiro atoms. The van der Waals surface area contributed by atoms with E-state index in [1.54, 1.807) is 6.26 Å². The van der Waals surface area contributed by atoms with Crippen LogP contribution in [-0.2, 0) is 11.2 Å². The lowest BCUT2D eigenvalue weighted by atomic mass is 10.1. The lowest BCUT2D eigenvalue weighted by Gasteiger charge is -2.16. The fourth-order valence-electron chi connectivity index (χ4n) is 2.03. The van der Waals surface area contributed by atoms with Crippen molar-refractivity contribution in [3.8, 4) is 0 Å². The molecule has 0 aromatic carbocycles. The highest BCUT2D eigenvalue weighted by Gasteiger charge is 2.31. The number of furan rings is 1. The molecule has 17 heavy (non-hydrogen) atoms. The zero-order valence-corrected chi connectivity index (χ0v) is 9.89. The van der Waals surface area contributed by atoms with E-state index in [0.29, 0.717) is 25.2 Å². The molecule has 0 aliphatic heterocycles. The molecule has 0 radical (unpaired) electrons. The van der Waals surface area contributed by atoms with Gasteiger partial charge >= 0.3 is 0 Å². The van der Waals surface area contributed by atoms with Crippen LogP contribution in [0, 0.1) is 5.92 Å². The number of aliphatic hydroxyl groups excluding tert-OH is 1. The third-order valence-electron chi connectivity index (χ3n) is 3.16. The lowest BCUT2D eigenvalue weighted by molar-refractivity contribution is -0.122. The first kappa shape index (κ1) is 12.2. The van der Waals surface area contributed by atoms with Gasteiger partial charge in [0.15, 0.2) is 0 Å². The van der Waals surface area contributed by atoms with Crippen LogP contribution in [0.15, 0.2) is 22.8 Å². The first-order chi connectivity index (χ1) is 8.29. The maximum absolute atomic E-state index is 11.7. The lowest BCUT2D eigenvalue weighted by Crippen LogP contribution is -2.37. The second kappa shape index (κ2) is 5.87. The van der Waals surface area contributed by atoms with Crippen LogP contribution < -0.4 is 5.32 Å². The van der Waals surface area contributed by atoms with Crippen molar-refractivity contribution in [1.29, 1.82) is 0 Å². The molecule has 4 nitrogen and oxygen atoms in total. The Labute approximate surface area is 101 Å². The molecule has 2 rings (SSSR count). The Morgan fingerprint density at radius 1 is 1.59 bits per heavy atom. The first-order valence-electron chi connectivity index (χ1n) is 6.22. The Kier molecular flexibility index (Phi) is 4.20. The molecule has 0 bridgehead atoms. The van der Waals surface area contributed by atoms with Crippen molar-refractivity contribution in [1.82, 2.24) is 5.32 Å². The van der Waals surface area contributed by atoms with Gasteiger partial charge in [-0.05, 0) is 37.3 Å². The summed E-state index contributed by atoms with van der Waals surface area (Å²) in [5, 5.41) is 11.9. The first-order valence-corrected chi connectivity index (χ1v) is 6.22. The van der Waals surface area contributed by atoms with Gasteiger partial charge < -0.3 is 14.8 Å². The zero-order chi connectivity index (χ0) is 12.1. The van der Waals surface area contributed by atoms with E-state index in [9.17, 15) is 4.79 Å². The smallest absolute Gasteiger partial charge is 0.220 e. The Morgan fingerprint density at radius 2 is 2.41 bits per heavy atom. The van der Waals surface area contributed by atoms with Crippen molar-refractivity contribution in [3.05, 3.63) is 24.2 Å². The number of rotatable bonds is 7. The summed E-state index contributed by atoms with van der Waals surface area (Å²) in [7, 11) is 0. The molecular weight excluding hydrogens is 218 g/mol. The van der Waals surface area contributed by atoms with Crippen molar-refractivity contribution >= 4 is 5.91 Å². The minimum atomic E-state index is 0.0479. The molecule has 1 aromatic rings. The molecule has 1 aromatic heterocycles. The van der Waals surface area contributed by atoms with E-state index in [0.717, 1.165) is 5.76 Å². The number of carbonyl (C=O) groups is 1. The molecule has 1 aliphatic rings. The Bertz CT molecular complexity index is 344. The Balaban J connectivity index is 1.71. The quantitative estimate of drug-likeness (QED) is 0.755. The third kappa shape index (κ3) is 3.89. The highest BCUT2D eigenvalue weighted by molar-refractivity contribution is 5.76. The standard InChI is InChI=1S/C13H19NO3/c15-8-7-12(10-3-4-10)14-13(16)6-5-11-2-1-9-17-11/h1-2,9-10,12,15H,3-8H2,(H,14,16). The Hall–Kier alpha value is -1.29. The van der Waals surface area contributed by atoms with E-state index >= 15 is 0 Å². The van der Waals surface area contributed by atoms with E-state index < -0.39 is 0 Å². The summed E-state index contributed by atoms with van der Waals surface area (Å²) in [5.41, 5.74) is 0. The summed E-state index contributed by atoms with van der Waals surface area (Å²) in [6.45, 7) is 0.139. The maximum Gasteiger partial charge on any atom is 0.220 e. The summed E-state index contributed by atoms with van der Waals surface area (Å²) >= 11 is 0. The molecule has 1 amide bonds. The van der Waals surface area contributed by atoms with E-state index in [1.807, 2.05) is 12.1 Å². The molecule has 1 atom stereocenters. The van der Waals surface area contributed by atoms with Crippen LogP contribution in [0.1, 0.15) is 31.4 Å². The summed E-state index contributed by atoms with van der Waals surface area (Å²) < 4.78 is 5.18. The van der Waals surface area contributed by atoms with Gasteiger partial charge in [-0.15, -0.1) is 0 Å². The van der Waals surface area contributed by atoms with Crippen molar-refractivity contribution in [2.45, 2.75) is 38.1 Å². The van der Waals surface area contributed by atoms with Gasteiger partial charge in [-0.25, -0.2) is 0 Å². The van der Waals surface area contributed by atoms with Gasteiger partial charge in [0.05, 0.1) is 6.26 Å². The van der Waals surface area contributed by atoms with Crippen LogP contribution in [0.3, 0.4) is 0 Å². The number of hydrogen-bond donors (Lipinski definition) is 2. The normalized spacial score (nSPS) is 16.8. The fourth-order valence-corrected chi connectivity index (χ4v) is 2.03. The van der Waals surface area contributed by atoms with Crippen molar-refractivity contribution in [2.75, 3.05) is 6.61 Å². The van der Waals surface area contributed by atoms with Crippen molar-refractivity contribution < 1.29 is 14.3 Å². The molecule has 0 saturated heterocycles. The third-order valence-corrected chi connectivity index (χ3v) is 3.16. The molecule has 1 aliphatic carbocycles. The van der Waals surface area contributed by atoms with Crippen LogP contribution in [-0.4, -0.2) is 23.7 Å². The summed E-state index contributed by atoms with van der Waals surface area (Å²) in [6.07, 6.45) is 5.70. The molecule has 1 fully saturated rings. The molecule has 1 unspecified atom stereocenters. The maximum atomic E-state index is 11.7. The average molecular weight is 237 g/mol. The summed E-state index contributed by atoms with van der Waals surface area (Å²) in [6, 6.07) is 3.86. The average Bonchev–Trinajstić information content (AvgIpc) is 3.03. The second-order valence-electron chi connectivity index (χ2n) is 4.60. The van der Waals surface area contributed by atoms with Crippen LogP contribution in [0.5, 0.6) is 0 Å². The van der Waals surface area contributed by atoms with Crippen LogP contribution in [0.4, 0.5) is 0 Å². The van der Waals surface area contributed by atoms with Gasteiger partial charge in [0.1, 0.15) is 5.76 Å². The van der Waals surface area contributed by atoms with Gasteiger partial charge in [-0.1, -0.05) is 0 Å². The van der Waals surface area contributed by atoms with E-state index in [4.69, 9.17) is 9.52 Å². The van der Waals surface area contributed by atoms with Gasteiger partial charge in [0, 0.05) is 25.5 Å². The molecule has 4 heteroatoms. The highest BCUT2D eigenvalue weighted by atomic mass is 16.3. The minimum absolute atomic E-state index is 0.0479. The largest absolute Gasteiger partial charge is 0.469 e. The van der Waals surface area contributed by atoms with E-state index in [-0.39, 0.29) is 18.6 Å². The fraction of sp³-hybridized carbons (Fsp3) is 0.615. The van der Waals surface area contributed by atoms with Gasteiger partial charge in [0.2, 0.25) is 5.91 Å². The highest BCUT2D eigenvalue weighted by Crippen LogP contribution is 2.33. The number of hydrogen-bond acceptors (Lipinski definition) is 3.